The van der Waals surface area contributed by atoms with Crippen LogP contribution >= 0.6 is 0 Å². The van der Waals surface area contributed by atoms with Gasteiger partial charge in [0.15, 0.2) is 0 Å². The summed E-state index contributed by atoms with van der Waals surface area (Å²) in [6.07, 6.45) is 0. The van der Waals surface area contributed by atoms with Gasteiger partial charge in [-0.1, -0.05) is 92.7 Å². The minimum absolute atomic E-state index is 0.0826. The minimum Gasteiger partial charge on any atom is -0.309 e. The van der Waals surface area contributed by atoms with Crippen LogP contribution < -0.4 is 11.2 Å². The van der Waals surface area contributed by atoms with Gasteiger partial charge in [-0.15, -0.1) is 0 Å². The van der Waals surface area contributed by atoms with E-state index in [2.05, 4.69) is 138 Å². The third kappa shape index (κ3) is 3.81. The highest BCUT2D eigenvalue weighted by molar-refractivity contribution is 6.12. The summed E-state index contributed by atoms with van der Waals surface area (Å²) in [4.78, 5) is 29.1. The highest BCUT2D eigenvalue weighted by Crippen LogP contribution is 2.51. The number of H-pyrrole nitrogens is 2. The Hall–Kier alpha value is -5.94. The lowest BCUT2D eigenvalue weighted by molar-refractivity contribution is 0.661. The van der Waals surface area contributed by atoms with Crippen LogP contribution in [0.2, 0.25) is 0 Å². The number of hydrogen-bond donors (Lipinski definition) is 2. The summed E-state index contributed by atoms with van der Waals surface area (Å²) in [7, 11) is 0. The van der Waals surface area contributed by atoms with E-state index < -0.39 is 11.2 Å². The van der Waals surface area contributed by atoms with Gasteiger partial charge in [0, 0.05) is 21.9 Å². The predicted octanol–water partition coefficient (Wildman–Crippen LogP) is 8.95. The van der Waals surface area contributed by atoms with Gasteiger partial charge in [-0.05, 0) is 93.0 Å². The summed E-state index contributed by atoms with van der Waals surface area (Å²) >= 11 is 0. The SMILES string of the molecule is CC1(C)c2ccccc2-c2cc3c4cc(-c5ccc(-c6ccc7[nH]c(=O)[nH]c(=O)c7c6)cc5)ccc4n(-c4ccccc4)c3cc21. The molecule has 0 amide bonds. The van der Waals surface area contributed by atoms with Crippen LogP contribution in [0.3, 0.4) is 0 Å². The first-order valence-corrected chi connectivity index (χ1v) is 15.5. The second kappa shape index (κ2) is 9.53. The van der Waals surface area contributed by atoms with Crippen LogP contribution in [0.15, 0.2) is 137 Å². The molecule has 0 unspecified atom stereocenters. The van der Waals surface area contributed by atoms with Gasteiger partial charge in [0.25, 0.3) is 5.56 Å². The molecule has 0 spiro atoms. The number of para-hydroxylation sites is 1. The molecule has 0 saturated heterocycles. The fourth-order valence-corrected chi connectivity index (χ4v) is 7.45. The van der Waals surface area contributed by atoms with E-state index in [1.807, 2.05) is 12.1 Å². The van der Waals surface area contributed by atoms with Gasteiger partial charge in [-0.3, -0.25) is 9.78 Å². The Bertz CT molecular complexity index is 2640. The molecule has 0 atom stereocenters. The van der Waals surface area contributed by atoms with E-state index in [0.29, 0.717) is 10.9 Å². The number of aromatic amines is 2. The lowest BCUT2D eigenvalue weighted by Gasteiger charge is -2.21. The number of fused-ring (bicyclic) bond motifs is 7. The Morgan fingerprint density at radius 1 is 0.522 bits per heavy atom. The molecule has 0 fully saturated rings. The summed E-state index contributed by atoms with van der Waals surface area (Å²) in [5, 5.41) is 2.91. The molecule has 220 valence electrons. The molecule has 2 heterocycles. The zero-order valence-corrected chi connectivity index (χ0v) is 25.4. The maximum atomic E-state index is 12.4. The number of rotatable bonds is 3. The van der Waals surface area contributed by atoms with Gasteiger partial charge < -0.3 is 9.55 Å². The van der Waals surface area contributed by atoms with E-state index in [1.165, 1.54) is 44.1 Å². The molecule has 1 aliphatic carbocycles. The van der Waals surface area contributed by atoms with Crippen molar-refractivity contribution in [3.63, 3.8) is 0 Å². The van der Waals surface area contributed by atoms with Crippen molar-refractivity contribution in [2.24, 2.45) is 0 Å². The van der Waals surface area contributed by atoms with Crippen LogP contribution in [0.25, 0.3) is 71.8 Å². The molecule has 0 saturated carbocycles. The smallest absolute Gasteiger partial charge is 0.309 e. The predicted molar refractivity (Wildman–Crippen MR) is 188 cm³/mol. The van der Waals surface area contributed by atoms with Crippen LogP contribution in [0.4, 0.5) is 0 Å². The summed E-state index contributed by atoms with van der Waals surface area (Å²) < 4.78 is 2.39. The fraction of sp³-hybridized carbons (Fsp3) is 0.0732. The van der Waals surface area contributed by atoms with Crippen molar-refractivity contribution in [3.8, 4) is 39.1 Å². The molecule has 5 nitrogen and oxygen atoms in total. The van der Waals surface area contributed by atoms with Crippen LogP contribution in [0, 0.1) is 0 Å². The Balaban J connectivity index is 1.21. The number of benzene rings is 6. The average Bonchev–Trinajstić information content (AvgIpc) is 3.52. The summed E-state index contributed by atoms with van der Waals surface area (Å²) in [6.45, 7) is 4.66. The zero-order valence-electron chi connectivity index (χ0n) is 25.4. The molecule has 1 aliphatic rings. The number of nitrogens with zero attached hydrogens (tertiary/aromatic N) is 1. The van der Waals surface area contributed by atoms with E-state index >= 15 is 0 Å². The molecule has 2 N–H and O–H groups in total. The van der Waals surface area contributed by atoms with Crippen molar-refractivity contribution in [1.82, 2.24) is 14.5 Å². The lowest BCUT2D eigenvalue weighted by atomic mass is 9.82. The van der Waals surface area contributed by atoms with Gasteiger partial charge in [0.1, 0.15) is 0 Å². The molecule has 8 aromatic rings. The van der Waals surface area contributed by atoms with Gasteiger partial charge in [0.05, 0.1) is 21.9 Å². The maximum Gasteiger partial charge on any atom is 0.326 e. The Labute approximate surface area is 264 Å². The first-order valence-electron chi connectivity index (χ1n) is 15.5. The van der Waals surface area contributed by atoms with Gasteiger partial charge in [-0.25, -0.2) is 4.79 Å². The molecule has 6 aromatic carbocycles. The van der Waals surface area contributed by atoms with Crippen molar-refractivity contribution in [2.75, 3.05) is 0 Å². The van der Waals surface area contributed by atoms with E-state index in [9.17, 15) is 9.59 Å². The quantitative estimate of drug-likeness (QED) is 0.214. The van der Waals surface area contributed by atoms with Crippen molar-refractivity contribution in [3.05, 3.63) is 159 Å². The van der Waals surface area contributed by atoms with E-state index in [0.717, 1.165) is 27.9 Å². The van der Waals surface area contributed by atoms with Gasteiger partial charge in [-0.2, -0.15) is 0 Å². The third-order valence-corrected chi connectivity index (χ3v) is 9.77. The van der Waals surface area contributed by atoms with E-state index in [-0.39, 0.29) is 5.41 Å². The normalized spacial score (nSPS) is 13.3. The molecular formula is C41H29N3O2. The summed E-state index contributed by atoms with van der Waals surface area (Å²) in [6, 6.07) is 44.9. The Kier molecular flexibility index (Phi) is 5.48. The first-order chi connectivity index (χ1) is 22.4. The molecule has 9 rings (SSSR count). The van der Waals surface area contributed by atoms with Crippen LogP contribution in [-0.2, 0) is 5.41 Å². The average molecular weight is 596 g/mol. The summed E-state index contributed by atoms with van der Waals surface area (Å²) in [5.74, 6) is 0. The van der Waals surface area contributed by atoms with Crippen LogP contribution in [0.1, 0.15) is 25.0 Å². The third-order valence-electron chi connectivity index (χ3n) is 9.77. The number of hydrogen-bond acceptors (Lipinski definition) is 2. The number of aromatic nitrogens is 3. The monoisotopic (exact) mass is 595 g/mol. The van der Waals surface area contributed by atoms with E-state index in [1.54, 1.807) is 6.07 Å². The highest BCUT2D eigenvalue weighted by atomic mass is 16.2. The molecule has 0 radical (unpaired) electrons. The Morgan fingerprint density at radius 2 is 1.15 bits per heavy atom. The van der Waals surface area contributed by atoms with E-state index in [4.69, 9.17) is 0 Å². The first kappa shape index (κ1) is 26.5. The van der Waals surface area contributed by atoms with Crippen molar-refractivity contribution in [1.29, 1.82) is 0 Å². The van der Waals surface area contributed by atoms with Crippen LogP contribution in [0.5, 0.6) is 0 Å². The topological polar surface area (TPSA) is 70.7 Å². The lowest BCUT2D eigenvalue weighted by Crippen LogP contribution is -2.21. The molecule has 0 bridgehead atoms. The standard InChI is InChI=1S/C41H29N3O2/c1-41(2)34-11-7-6-10-29(34)30-22-32-31-20-27(17-19-37(31)44(38(32)23-35(30)41)28-8-4-3-5-9-28)25-14-12-24(13-15-25)26-16-18-36-33(21-26)39(45)43-40(46)42-36/h3-23H,1-2H3,(H2,42,43,45,46). The molecule has 46 heavy (non-hydrogen) atoms. The molecule has 2 aromatic heterocycles. The fourth-order valence-electron chi connectivity index (χ4n) is 7.45. The second-order valence-corrected chi connectivity index (χ2v) is 12.7. The largest absolute Gasteiger partial charge is 0.326 e. The van der Waals surface area contributed by atoms with Crippen molar-refractivity contribution >= 4 is 32.7 Å². The van der Waals surface area contributed by atoms with Gasteiger partial charge in [0.2, 0.25) is 0 Å². The molecule has 0 aliphatic heterocycles. The summed E-state index contributed by atoms with van der Waals surface area (Å²) in [5.41, 5.74) is 12.6. The maximum absolute atomic E-state index is 12.4. The van der Waals surface area contributed by atoms with Crippen LogP contribution in [-0.4, -0.2) is 14.5 Å². The molecular weight excluding hydrogens is 566 g/mol. The van der Waals surface area contributed by atoms with Crippen molar-refractivity contribution < 1.29 is 0 Å². The Morgan fingerprint density at radius 3 is 1.91 bits per heavy atom. The highest BCUT2D eigenvalue weighted by Gasteiger charge is 2.36. The zero-order chi connectivity index (χ0) is 31.2. The minimum atomic E-state index is -0.503. The second-order valence-electron chi connectivity index (χ2n) is 12.7. The van der Waals surface area contributed by atoms with Gasteiger partial charge >= 0.3 is 5.69 Å². The molecule has 5 heteroatoms. The van der Waals surface area contributed by atoms with Crippen molar-refractivity contribution in [2.45, 2.75) is 19.3 Å². The number of nitrogens with one attached hydrogen (secondary N) is 2.